The lowest BCUT2D eigenvalue weighted by atomic mass is 10.1. The van der Waals surface area contributed by atoms with E-state index in [0.29, 0.717) is 0 Å². The summed E-state index contributed by atoms with van der Waals surface area (Å²) in [6.45, 7) is 6.70. The van der Waals surface area contributed by atoms with Crippen LogP contribution in [0.25, 0.3) is 0 Å². The van der Waals surface area contributed by atoms with Crippen LogP contribution in [0.3, 0.4) is 0 Å². The average Bonchev–Trinajstić information content (AvgIpc) is 2.44. The molecule has 0 atom stereocenters. The third kappa shape index (κ3) is 11.7. The Morgan fingerprint density at radius 2 is 1.06 bits per heavy atom. The van der Waals surface area contributed by atoms with Crippen LogP contribution in [-0.2, 0) is 6.42 Å². The molecule has 0 aliphatic rings. The van der Waals surface area contributed by atoms with Crippen molar-refractivity contribution in [2.45, 2.75) is 78.6 Å². The fraction of sp³-hybridized carbons (Fsp3) is 0.667. The number of hydrogen-bond donors (Lipinski definition) is 0. The largest absolute Gasteiger partial charge is 0.0654 e. The third-order valence-electron chi connectivity index (χ3n) is 3.21. The highest BCUT2D eigenvalue weighted by atomic mass is 13.9. The van der Waals surface area contributed by atoms with Gasteiger partial charge in [0.1, 0.15) is 0 Å². The predicted octanol–water partition coefficient (Wildman–Crippen LogP) is 6.40. The van der Waals surface area contributed by atoms with Crippen molar-refractivity contribution in [1.82, 2.24) is 0 Å². The summed E-state index contributed by atoms with van der Waals surface area (Å²) in [7, 11) is 0. The first kappa shape index (κ1) is 17.2. The highest BCUT2D eigenvalue weighted by Crippen LogP contribution is 2.07. The lowest BCUT2D eigenvalue weighted by molar-refractivity contribution is 0.585. The molecule has 0 N–H and O–H groups in total. The van der Waals surface area contributed by atoms with Crippen LogP contribution in [0.15, 0.2) is 30.3 Å². The first-order chi connectivity index (χ1) is 8.85. The van der Waals surface area contributed by atoms with E-state index >= 15 is 0 Å². The van der Waals surface area contributed by atoms with Gasteiger partial charge in [0.2, 0.25) is 0 Å². The highest BCUT2D eigenvalue weighted by molar-refractivity contribution is 5.13. The maximum atomic E-state index is 2.27. The maximum absolute atomic E-state index is 2.27. The summed E-state index contributed by atoms with van der Waals surface area (Å²) in [6, 6.07) is 10.5. The highest BCUT2D eigenvalue weighted by Gasteiger charge is 1.87. The van der Waals surface area contributed by atoms with E-state index in [9.17, 15) is 0 Å². The minimum absolute atomic E-state index is 1.14. The molecule has 0 amide bonds. The summed E-state index contributed by atoms with van der Waals surface area (Å²) in [4.78, 5) is 0. The molecule has 0 unspecified atom stereocenters. The van der Waals surface area contributed by atoms with Gasteiger partial charge in [-0.15, -0.1) is 0 Å². The van der Waals surface area contributed by atoms with Gasteiger partial charge in [0.25, 0.3) is 0 Å². The van der Waals surface area contributed by atoms with E-state index < -0.39 is 0 Å². The second kappa shape index (κ2) is 14.3. The van der Waals surface area contributed by atoms with E-state index in [1.165, 1.54) is 56.9 Å². The van der Waals surface area contributed by atoms with Crippen LogP contribution in [0, 0.1) is 0 Å². The summed E-state index contributed by atoms with van der Waals surface area (Å²) in [5.41, 5.74) is 1.41. The first-order valence-electron chi connectivity index (χ1n) is 7.89. The standard InChI is InChI=1S/C10H22.C8H10/c1-3-5-7-9-10-8-6-4-2;1-2-8-6-4-3-5-7-8/h3-10H2,1-2H3;3-7H,2H2,1H3. The Hall–Kier alpha value is -0.780. The van der Waals surface area contributed by atoms with Crippen molar-refractivity contribution in [1.29, 1.82) is 0 Å². The Morgan fingerprint density at radius 1 is 0.611 bits per heavy atom. The molecule has 0 nitrogen and oxygen atoms in total. The van der Waals surface area contributed by atoms with E-state index in [2.05, 4.69) is 45.0 Å². The van der Waals surface area contributed by atoms with Crippen molar-refractivity contribution in [2.75, 3.05) is 0 Å². The van der Waals surface area contributed by atoms with E-state index in [1.54, 1.807) is 0 Å². The maximum Gasteiger partial charge on any atom is -0.0307 e. The molecular formula is C18H32. The molecule has 1 aromatic carbocycles. The van der Waals surface area contributed by atoms with Gasteiger partial charge >= 0.3 is 0 Å². The molecule has 0 aliphatic heterocycles. The first-order valence-corrected chi connectivity index (χ1v) is 7.89. The molecule has 0 saturated heterocycles. The Morgan fingerprint density at radius 3 is 1.39 bits per heavy atom. The van der Waals surface area contributed by atoms with Gasteiger partial charge in [-0.3, -0.25) is 0 Å². The van der Waals surface area contributed by atoms with E-state index in [4.69, 9.17) is 0 Å². The predicted molar refractivity (Wildman–Crippen MR) is 84.1 cm³/mol. The van der Waals surface area contributed by atoms with Gasteiger partial charge in [0.15, 0.2) is 0 Å². The van der Waals surface area contributed by atoms with Gasteiger partial charge in [0, 0.05) is 0 Å². The van der Waals surface area contributed by atoms with Crippen LogP contribution >= 0.6 is 0 Å². The zero-order valence-electron chi connectivity index (χ0n) is 12.8. The SMILES string of the molecule is CCCCCCCCCC.CCc1ccccc1. The minimum Gasteiger partial charge on any atom is -0.0654 e. The molecule has 0 bridgehead atoms. The number of rotatable bonds is 8. The molecule has 18 heavy (non-hydrogen) atoms. The van der Waals surface area contributed by atoms with Crippen molar-refractivity contribution in [3.8, 4) is 0 Å². The van der Waals surface area contributed by atoms with Gasteiger partial charge < -0.3 is 0 Å². The van der Waals surface area contributed by atoms with Gasteiger partial charge in [-0.05, 0) is 12.0 Å². The Labute approximate surface area is 115 Å². The van der Waals surface area contributed by atoms with Crippen LogP contribution in [-0.4, -0.2) is 0 Å². The summed E-state index contributed by atoms with van der Waals surface area (Å²) in [5.74, 6) is 0. The summed E-state index contributed by atoms with van der Waals surface area (Å²) < 4.78 is 0. The van der Waals surface area contributed by atoms with Gasteiger partial charge in [-0.2, -0.15) is 0 Å². The monoisotopic (exact) mass is 248 g/mol. The molecule has 0 saturated carbocycles. The Bertz CT molecular complexity index is 229. The van der Waals surface area contributed by atoms with E-state index in [-0.39, 0.29) is 0 Å². The fourth-order valence-corrected chi connectivity index (χ4v) is 1.92. The second-order valence-corrected chi connectivity index (χ2v) is 4.96. The van der Waals surface area contributed by atoms with Crippen LogP contribution < -0.4 is 0 Å². The smallest absolute Gasteiger partial charge is 0.0307 e. The summed E-state index contributed by atoms with van der Waals surface area (Å²) >= 11 is 0. The van der Waals surface area contributed by atoms with Crippen molar-refractivity contribution in [2.24, 2.45) is 0 Å². The zero-order valence-corrected chi connectivity index (χ0v) is 12.8. The molecule has 104 valence electrons. The fourth-order valence-electron chi connectivity index (χ4n) is 1.92. The topological polar surface area (TPSA) is 0 Å². The Balaban J connectivity index is 0.000000327. The molecule has 0 heteroatoms. The van der Waals surface area contributed by atoms with Crippen LogP contribution in [0.5, 0.6) is 0 Å². The zero-order chi connectivity index (χ0) is 13.5. The lowest BCUT2D eigenvalue weighted by Crippen LogP contribution is -1.77. The van der Waals surface area contributed by atoms with E-state index in [1.807, 2.05) is 6.07 Å². The minimum atomic E-state index is 1.14. The summed E-state index contributed by atoms with van der Waals surface area (Å²) in [6.07, 6.45) is 12.6. The van der Waals surface area contributed by atoms with Crippen molar-refractivity contribution in [3.63, 3.8) is 0 Å². The molecule has 0 radical (unpaired) electrons. The third-order valence-corrected chi connectivity index (χ3v) is 3.21. The van der Waals surface area contributed by atoms with Crippen molar-refractivity contribution < 1.29 is 0 Å². The van der Waals surface area contributed by atoms with Gasteiger partial charge in [0.05, 0.1) is 0 Å². The molecule has 0 aromatic heterocycles. The number of hydrogen-bond acceptors (Lipinski definition) is 0. The van der Waals surface area contributed by atoms with Gasteiger partial charge in [-0.1, -0.05) is 102 Å². The normalized spacial score (nSPS) is 9.72. The van der Waals surface area contributed by atoms with Crippen LogP contribution in [0.2, 0.25) is 0 Å². The number of aryl methyl sites for hydroxylation is 1. The molecular weight excluding hydrogens is 216 g/mol. The molecule has 0 aliphatic carbocycles. The number of unbranched alkanes of at least 4 members (excludes halogenated alkanes) is 7. The van der Waals surface area contributed by atoms with Gasteiger partial charge in [-0.25, -0.2) is 0 Å². The molecule has 1 aromatic rings. The number of benzene rings is 1. The average molecular weight is 248 g/mol. The second-order valence-electron chi connectivity index (χ2n) is 4.96. The van der Waals surface area contributed by atoms with E-state index in [0.717, 1.165) is 6.42 Å². The van der Waals surface area contributed by atoms with Crippen molar-refractivity contribution >= 4 is 0 Å². The molecule has 0 heterocycles. The van der Waals surface area contributed by atoms with Crippen molar-refractivity contribution in [3.05, 3.63) is 35.9 Å². The quantitative estimate of drug-likeness (QED) is 0.467. The van der Waals surface area contributed by atoms with Crippen LogP contribution in [0.4, 0.5) is 0 Å². The van der Waals surface area contributed by atoms with Crippen LogP contribution in [0.1, 0.15) is 77.7 Å². The lowest BCUT2D eigenvalue weighted by Gasteiger charge is -1.97. The molecule has 1 rings (SSSR count). The molecule has 0 spiro atoms. The summed E-state index contributed by atoms with van der Waals surface area (Å²) in [5, 5.41) is 0. The Kier molecular flexibility index (Phi) is 13.7. The molecule has 0 fully saturated rings.